The second-order valence-electron chi connectivity index (χ2n) is 3.23. The fraction of sp³-hybridized carbons (Fsp3) is 0.700. The van der Waals surface area contributed by atoms with E-state index in [2.05, 4.69) is 9.47 Å². The van der Waals surface area contributed by atoms with E-state index in [9.17, 15) is 14.4 Å². The van der Waals surface area contributed by atoms with Crippen molar-refractivity contribution in [1.29, 1.82) is 0 Å². The summed E-state index contributed by atoms with van der Waals surface area (Å²) >= 11 is 0. The summed E-state index contributed by atoms with van der Waals surface area (Å²) < 4.78 is 9.30. The number of carboxylic acids is 1. The normalized spacial score (nSPS) is 13.6. The maximum Gasteiger partial charge on any atom is 0.321 e. The highest BCUT2D eigenvalue weighted by atomic mass is 16.5. The van der Waals surface area contributed by atoms with Crippen LogP contribution in [0.5, 0.6) is 0 Å². The van der Waals surface area contributed by atoms with Gasteiger partial charge in [0.05, 0.1) is 25.6 Å². The fourth-order valence-corrected chi connectivity index (χ4v) is 1.18. The van der Waals surface area contributed by atoms with Crippen LogP contribution in [0, 0.1) is 5.92 Å². The van der Waals surface area contributed by atoms with Gasteiger partial charge in [-0.25, -0.2) is 0 Å². The molecule has 0 unspecified atom stereocenters. The van der Waals surface area contributed by atoms with E-state index in [0.717, 1.165) is 0 Å². The predicted octanol–water partition coefficient (Wildman–Crippen LogP) is -0.469. The zero-order valence-corrected chi connectivity index (χ0v) is 9.84. The molecule has 7 heteroatoms. The van der Waals surface area contributed by atoms with Gasteiger partial charge in [0.1, 0.15) is 6.04 Å². The first-order valence-corrected chi connectivity index (χ1v) is 5.24. The minimum Gasteiger partial charge on any atom is -0.480 e. The van der Waals surface area contributed by atoms with Gasteiger partial charge in [-0.05, 0) is 13.8 Å². The largest absolute Gasteiger partial charge is 0.480 e. The molecule has 0 aliphatic carbocycles. The Bertz CT molecular complexity index is 291. The molecule has 7 nitrogen and oxygen atoms in total. The van der Waals surface area contributed by atoms with Crippen LogP contribution in [-0.4, -0.2) is 42.3 Å². The van der Waals surface area contributed by atoms with Crippen molar-refractivity contribution < 1.29 is 29.0 Å². The molecule has 98 valence electrons. The molecule has 0 bridgehead atoms. The number of hydrogen-bond acceptors (Lipinski definition) is 6. The molecule has 17 heavy (non-hydrogen) atoms. The summed E-state index contributed by atoms with van der Waals surface area (Å²) in [5, 5.41) is 8.73. The van der Waals surface area contributed by atoms with Gasteiger partial charge in [0.15, 0.2) is 0 Å². The first-order valence-electron chi connectivity index (χ1n) is 5.24. The second-order valence-corrected chi connectivity index (χ2v) is 3.23. The lowest BCUT2D eigenvalue weighted by Gasteiger charge is -2.18. The standard InChI is InChI=1S/C10H17NO6/c1-3-16-7(12)5-6(8(11)9(13)14)10(15)17-4-2/h6,8H,3-5,11H2,1-2H3,(H,13,14)/t6-,8-/m1/s1. The van der Waals surface area contributed by atoms with Crippen LogP contribution in [0.25, 0.3) is 0 Å². The summed E-state index contributed by atoms with van der Waals surface area (Å²) in [4.78, 5) is 33.4. The average Bonchev–Trinajstić information content (AvgIpc) is 2.25. The van der Waals surface area contributed by atoms with Gasteiger partial charge in [-0.2, -0.15) is 0 Å². The van der Waals surface area contributed by atoms with E-state index < -0.39 is 36.3 Å². The summed E-state index contributed by atoms with van der Waals surface area (Å²) in [5.41, 5.74) is 5.33. The molecule has 0 aromatic rings. The molecule has 0 fully saturated rings. The molecule has 0 rings (SSSR count). The Morgan fingerprint density at radius 2 is 1.71 bits per heavy atom. The molecule has 3 N–H and O–H groups in total. The molecule has 0 radical (unpaired) electrons. The Kier molecular flexibility index (Phi) is 6.88. The zero-order chi connectivity index (χ0) is 13.4. The first-order chi connectivity index (χ1) is 7.93. The van der Waals surface area contributed by atoms with E-state index in [4.69, 9.17) is 10.8 Å². The third-order valence-corrected chi connectivity index (χ3v) is 2.00. The van der Waals surface area contributed by atoms with E-state index in [1.54, 1.807) is 13.8 Å². The highest BCUT2D eigenvalue weighted by Gasteiger charge is 2.34. The first kappa shape index (κ1) is 15.4. The molecule has 0 saturated carbocycles. The Morgan fingerprint density at radius 3 is 2.12 bits per heavy atom. The number of nitrogens with two attached hydrogens (primary N) is 1. The van der Waals surface area contributed by atoms with Crippen molar-refractivity contribution in [3.05, 3.63) is 0 Å². The van der Waals surface area contributed by atoms with Crippen LogP contribution in [0.1, 0.15) is 20.3 Å². The number of aliphatic carboxylic acids is 1. The van der Waals surface area contributed by atoms with Gasteiger partial charge in [0, 0.05) is 0 Å². The number of esters is 2. The van der Waals surface area contributed by atoms with Crippen molar-refractivity contribution in [3.8, 4) is 0 Å². The van der Waals surface area contributed by atoms with Crippen molar-refractivity contribution >= 4 is 17.9 Å². The number of carboxylic acid groups (broad SMARTS) is 1. The Morgan fingerprint density at radius 1 is 1.18 bits per heavy atom. The van der Waals surface area contributed by atoms with E-state index in [1.165, 1.54) is 0 Å². The fourth-order valence-electron chi connectivity index (χ4n) is 1.18. The smallest absolute Gasteiger partial charge is 0.321 e. The maximum atomic E-state index is 11.5. The topological polar surface area (TPSA) is 116 Å². The van der Waals surface area contributed by atoms with Crippen LogP contribution in [0.2, 0.25) is 0 Å². The van der Waals surface area contributed by atoms with Crippen molar-refractivity contribution in [2.45, 2.75) is 26.3 Å². The summed E-state index contributed by atoms with van der Waals surface area (Å²) in [6.45, 7) is 3.42. The minimum atomic E-state index is -1.49. The van der Waals surface area contributed by atoms with Crippen LogP contribution in [0.15, 0.2) is 0 Å². The molecule has 0 saturated heterocycles. The van der Waals surface area contributed by atoms with Gasteiger partial charge in [0.25, 0.3) is 0 Å². The average molecular weight is 247 g/mol. The summed E-state index contributed by atoms with van der Waals surface area (Å²) in [5.74, 6) is -4.09. The molecule has 0 spiro atoms. The molecule has 0 aliphatic heterocycles. The predicted molar refractivity (Wildman–Crippen MR) is 57.0 cm³/mol. The highest BCUT2D eigenvalue weighted by molar-refractivity contribution is 5.87. The lowest BCUT2D eigenvalue weighted by Crippen LogP contribution is -2.44. The van der Waals surface area contributed by atoms with Crippen molar-refractivity contribution in [2.24, 2.45) is 11.7 Å². The van der Waals surface area contributed by atoms with E-state index >= 15 is 0 Å². The number of rotatable bonds is 7. The van der Waals surface area contributed by atoms with Crippen molar-refractivity contribution in [3.63, 3.8) is 0 Å². The van der Waals surface area contributed by atoms with Crippen LogP contribution in [0.4, 0.5) is 0 Å². The maximum absolute atomic E-state index is 11.5. The summed E-state index contributed by atoms with van der Waals surface area (Å²) in [6, 6.07) is -1.49. The van der Waals surface area contributed by atoms with E-state index in [-0.39, 0.29) is 13.2 Å². The van der Waals surface area contributed by atoms with Gasteiger partial charge in [-0.15, -0.1) is 0 Å². The number of carbonyl (C=O) groups is 3. The quantitative estimate of drug-likeness (QED) is 0.584. The van der Waals surface area contributed by atoms with Gasteiger partial charge >= 0.3 is 17.9 Å². The van der Waals surface area contributed by atoms with Crippen molar-refractivity contribution in [1.82, 2.24) is 0 Å². The van der Waals surface area contributed by atoms with E-state index in [0.29, 0.717) is 0 Å². The van der Waals surface area contributed by atoms with Crippen molar-refractivity contribution in [2.75, 3.05) is 13.2 Å². The van der Waals surface area contributed by atoms with Crippen LogP contribution < -0.4 is 5.73 Å². The van der Waals surface area contributed by atoms with Crippen LogP contribution >= 0.6 is 0 Å². The lowest BCUT2D eigenvalue weighted by atomic mass is 9.97. The molecule has 0 aromatic heterocycles. The molecule has 2 atom stereocenters. The molecule has 0 heterocycles. The van der Waals surface area contributed by atoms with Gasteiger partial charge in [-0.3, -0.25) is 14.4 Å². The highest BCUT2D eigenvalue weighted by Crippen LogP contribution is 2.12. The van der Waals surface area contributed by atoms with Gasteiger partial charge in [0.2, 0.25) is 0 Å². The summed E-state index contributed by atoms with van der Waals surface area (Å²) in [6.07, 6.45) is -0.403. The van der Waals surface area contributed by atoms with E-state index in [1.807, 2.05) is 0 Å². The zero-order valence-electron chi connectivity index (χ0n) is 9.84. The molecule has 0 aliphatic rings. The molecular formula is C10H17NO6. The Labute approximate surface area is 98.9 Å². The van der Waals surface area contributed by atoms with Gasteiger partial charge in [-0.1, -0.05) is 0 Å². The number of carbonyl (C=O) groups excluding carboxylic acids is 2. The molecular weight excluding hydrogens is 230 g/mol. The monoisotopic (exact) mass is 247 g/mol. The van der Waals surface area contributed by atoms with Crippen LogP contribution in [0.3, 0.4) is 0 Å². The van der Waals surface area contributed by atoms with Crippen LogP contribution in [-0.2, 0) is 23.9 Å². The molecule has 0 amide bonds. The molecule has 0 aromatic carbocycles. The Balaban J connectivity index is 4.67. The second kappa shape index (κ2) is 7.61. The van der Waals surface area contributed by atoms with Gasteiger partial charge < -0.3 is 20.3 Å². The minimum absolute atomic E-state index is 0.0878. The third kappa shape index (κ3) is 5.30. The third-order valence-electron chi connectivity index (χ3n) is 2.00. The number of hydrogen-bond donors (Lipinski definition) is 2. The number of ether oxygens (including phenoxy) is 2. The lowest BCUT2D eigenvalue weighted by molar-refractivity contribution is -0.158. The Hall–Kier alpha value is -1.63. The SMILES string of the molecule is CCOC(=O)C[C@@H](C(=O)OCC)[C@@H](N)C(=O)O. The summed E-state index contributed by atoms with van der Waals surface area (Å²) in [7, 11) is 0.